The van der Waals surface area contributed by atoms with Crippen molar-refractivity contribution in [3.63, 3.8) is 0 Å². The van der Waals surface area contributed by atoms with Crippen molar-refractivity contribution in [3.8, 4) is 0 Å². The first-order valence-corrected chi connectivity index (χ1v) is 6.91. The van der Waals surface area contributed by atoms with E-state index in [4.69, 9.17) is 4.42 Å². The molecular weight excluding hydrogens is 296 g/mol. The lowest BCUT2D eigenvalue weighted by molar-refractivity contribution is -0.120. The van der Waals surface area contributed by atoms with Crippen LogP contribution < -0.4 is 5.32 Å². The number of benzene rings is 1. The van der Waals surface area contributed by atoms with Crippen molar-refractivity contribution in [3.05, 3.63) is 35.8 Å². The highest BCUT2D eigenvalue weighted by Crippen LogP contribution is 2.24. The monoisotopic (exact) mass is 311 g/mol. The lowest BCUT2D eigenvalue weighted by Gasteiger charge is -2.18. The predicted octanol–water partition coefficient (Wildman–Crippen LogP) is 0.929. The minimum atomic E-state index is -1.75. The van der Waals surface area contributed by atoms with E-state index < -0.39 is 30.0 Å². The van der Waals surface area contributed by atoms with Gasteiger partial charge in [-0.15, -0.1) is 0 Å². The Morgan fingerprint density at radius 1 is 1.52 bits per heavy atom. The standard InChI is InChI=1S/C13H15BFNO4S/c1-7(21)13(17)16-11(14(18)19)5-8-6-20-12-9(8)3-2-4-10(12)15/h2-4,6-7,11,18-19,21H,5H2,1H3,(H,16,17). The average molecular weight is 311 g/mol. The molecular formula is C13H15BFNO4S. The Labute approximate surface area is 126 Å². The van der Waals surface area contributed by atoms with Crippen LogP contribution in [0.15, 0.2) is 28.9 Å². The first kappa shape index (κ1) is 15.9. The highest BCUT2D eigenvalue weighted by atomic mass is 32.1. The summed E-state index contributed by atoms with van der Waals surface area (Å²) in [6.07, 6.45) is 1.44. The molecule has 0 aliphatic rings. The van der Waals surface area contributed by atoms with E-state index in [0.717, 1.165) is 0 Å². The Hall–Kier alpha value is -1.51. The van der Waals surface area contributed by atoms with Crippen LogP contribution in [0.1, 0.15) is 12.5 Å². The van der Waals surface area contributed by atoms with Crippen molar-refractivity contribution < 1.29 is 23.7 Å². The second kappa shape index (κ2) is 6.51. The third-order valence-corrected chi connectivity index (χ3v) is 3.37. The number of halogens is 1. The molecule has 1 aromatic carbocycles. The molecule has 0 saturated carbocycles. The molecule has 2 aromatic rings. The largest absolute Gasteiger partial charge is 0.475 e. The van der Waals surface area contributed by atoms with E-state index in [1.807, 2.05) is 0 Å². The molecule has 112 valence electrons. The van der Waals surface area contributed by atoms with Crippen LogP contribution in [0.3, 0.4) is 0 Å². The molecule has 2 unspecified atom stereocenters. The Balaban J connectivity index is 2.23. The normalized spacial score (nSPS) is 14.0. The second-order valence-electron chi connectivity index (χ2n) is 4.79. The zero-order valence-electron chi connectivity index (χ0n) is 11.3. The zero-order chi connectivity index (χ0) is 15.6. The highest BCUT2D eigenvalue weighted by Gasteiger charge is 2.28. The maximum absolute atomic E-state index is 13.5. The van der Waals surface area contributed by atoms with Crippen LogP contribution >= 0.6 is 12.6 Å². The fourth-order valence-electron chi connectivity index (χ4n) is 2.00. The maximum Gasteiger partial charge on any atom is 0.475 e. The SMILES string of the molecule is CC(S)C(=O)NC(Cc1coc2c(F)cccc12)B(O)O. The van der Waals surface area contributed by atoms with Gasteiger partial charge in [0.2, 0.25) is 5.91 Å². The Morgan fingerprint density at radius 3 is 2.86 bits per heavy atom. The van der Waals surface area contributed by atoms with E-state index in [2.05, 4.69) is 17.9 Å². The number of fused-ring (bicyclic) bond motifs is 1. The molecule has 2 atom stereocenters. The molecule has 0 aliphatic heterocycles. The summed E-state index contributed by atoms with van der Waals surface area (Å²) in [5.41, 5.74) is 0.683. The summed E-state index contributed by atoms with van der Waals surface area (Å²) in [4.78, 5) is 11.6. The van der Waals surface area contributed by atoms with Crippen LogP contribution in [0, 0.1) is 5.82 Å². The number of nitrogens with one attached hydrogen (secondary N) is 1. The summed E-state index contributed by atoms with van der Waals surface area (Å²) in [6.45, 7) is 1.57. The van der Waals surface area contributed by atoms with Crippen molar-refractivity contribution in [2.24, 2.45) is 0 Å². The van der Waals surface area contributed by atoms with Gasteiger partial charge in [0.15, 0.2) is 11.4 Å². The molecule has 0 aliphatic carbocycles. The van der Waals surface area contributed by atoms with Crippen LogP contribution in [0.5, 0.6) is 0 Å². The highest BCUT2D eigenvalue weighted by molar-refractivity contribution is 7.81. The number of carbonyl (C=O) groups excluding carboxylic acids is 1. The molecule has 2 rings (SSSR count). The van der Waals surface area contributed by atoms with Crippen molar-refractivity contribution in [1.29, 1.82) is 0 Å². The van der Waals surface area contributed by atoms with Crippen LogP contribution in [-0.2, 0) is 11.2 Å². The van der Waals surface area contributed by atoms with Gasteiger partial charge in [-0.2, -0.15) is 12.6 Å². The van der Waals surface area contributed by atoms with E-state index in [-0.39, 0.29) is 12.0 Å². The van der Waals surface area contributed by atoms with Gasteiger partial charge in [0.1, 0.15) is 0 Å². The number of rotatable bonds is 5. The van der Waals surface area contributed by atoms with Crippen LogP contribution in [0.2, 0.25) is 0 Å². The topological polar surface area (TPSA) is 82.7 Å². The van der Waals surface area contributed by atoms with Gasteiger partial charge in [-0.1, -0.05) is 12.1 Å². The average Bonchev–Trinajstić information content (AvgIpc) is 2.82. The minimum absolute atomic E-state index is 0.0976. The first-order chi connectivity index (χ1) is 9.90. The fraction of sp³-hybridized carbons (Fsp3) is 0.308. The predicted molar refractivity (Wildman–Crippen MR) is 80.4 cm³/mol. The molecule has 1 heterocycles. The van der Waals surface area contributed by atoms with Crippen molar-refractivity contribution in [1.82, 2.24) is 5.32 Å². The van der Waals surface area contributed by atoms with Crippen molar-refractivity contribution >= 4 is 36.6 Å². The molecule has 1 amide bonds. The Bertz CT molecular complexity index is 646. The molecule has 0 saturated heterocycles. The van der Waals surface area contributed by atoms with Crippen LogP contribution in [-0.4, -0.2) is 34.3 Å². The number of amides is 1. The van der Waals surface area contributed by atoms with Gasteiger partial charge in [0.25, 0.3) is 0 Å². The first-order valence-electron chi connectivity index (χ1n) is 6.39. The third-order valence-electron chi connectivity index (χ3n) is 3.14. The molecule has 0 fully saturated rings. The van der Waals surface area contributed by atoms with Crippen molar-refractivity contribution in [2.45, 2.75) is 24.5 Å². The van der Waals surface area contributed by atoms with Crippen LogP contribution in [0.4, 0.5) is 4.39 Å². The van der Waals surface area contributed by atoms with Gasteiger partial charge >= 0.3 is 7.12 Å². The number of hydrogen-bond donors (Lipinski definition) is 4. The molecule has 1 aromatic heterocycles. The lowest BCUT2D eigenvalue weighted by atomic mass is 9.76. The molecule has 8 heteroatoms. The number of furan rings is 1. The van der Waals surface area contributed by atoms with Crippen molar-refractivity contribution in [2.75, 3.05) is 0 Å². The molecule has 0 bridgehead atoms. The quantitative estimate of drug-likeness (QED) is 0.489. The summed E-state index contributed by atoms with van der Waals surface area (Å²) in [6, 6.07) is 4.48. The van der Waals surface area contributed by atoms with Gasteiger partial charge in [-0.3, -0.25) is 4.79 Å². The molecule has 21 heavy (non-hydrogen) atoms. The third kappa shape index (κ3) is 3.58. The van der Waals surface area contributed by atoms with E-state index in [9.17, 15) is 19.2 Å². The van der Waals surface area contributed by atoms with E-state index >= 15 is 0 Å². The van der Waals surface area contributed by atoms with Gasteiger partial charge in [0.05, 0.1) is 17.5 Å². The molecule has 3 N–H and O–H groups in total. The van der Waals surface area contributed by atoms with E-state index in [0.29, 0.717) is 10.9 Å². The fourth-order valence-corrected chi connectivity index (χ4v) is 2.08. The number of thiol groups is 1. The zero-order valence-corrected chi connectivity index (χ0v) is 12.2. The summed E-state index contributed by atoms with van der Waals surface area (Å²) in [5, 5.41) is 21.2. The van der Waals surface area contributed by atoms with E-state index in [1.165, 1.54) is 18.4 Å². The van der Waals surface area contributed by atoms with Gasteiger partial charge in [0, 0.05) is 5.39 Å². The van der Waals surface area contributed by atoms with Gasteiger partial charge in [-0.05, 0) is 25.0 Å². The lowest BCUT2D eigenvalue weighted by Crippen LogP contribution is -2.49. The molecule has 5 nitrogen and oxygen atoms in total. The molecule has 0 radical (unpaired) electrons. The van der Waals surface area contributed by atoms with E-state index in [1.54, 1.807) is 13.0 Å². The van der Waals surface area contributed by atoms with Crippen LogP contribution in [0.25, 0.3) is 11.0 Å². The smallest absolute Gasteiger partial charge is 0.461 e. The summed E-state index contributed by atoms with van der Waals surface area (Å²) < 4.78 is 18.7. The number of para-hydroxylation sites is 1. The number of carbonyl (C=O) groups is 1. The maximum atomic E-state index is 13.5. The Morgan fingerprint density at radius 2 is 2.24 bits per heavy atom. The second-order valence-corrected chi connectivity index (χ2v) is 5.56. The summed E-state index contributed by atoms with van der Waals surface area (Å²) in [5.74, 6) is -1.85. The van der Waals surface area contributed by atoms with Gasteiger partial charge in [-0.25, -0.2) is 4.39 Å². The van der Waals surface area contributed by atoms with Gasteiger partial charge < -0.3 is 19.8 Å². The molecule has 0 spiro atoms. The summed E-state index contributed by atoms with van der Waals surface area (Å²) >= 11 is 3.98. The minimum Gasteiger partial charge on any atom is -0.461 e. The number of hydrogen-bond acceptors (Lipinski definition) is 5. The summed E-state index contributed by atoms with van der Waals surface area (Å²) in [7, 11) is -1.75. The Kier molecular flexibility index (Phi) is 4.92.